The number of hydrogen-bond donors (Lipinski definition) is 0. The molecule has 6 rings (SSSR count). The lowest BCUT2D eigenvalue weighted by Crippen LogP contribution is -2.45. The Kier molecular flexibility index (Phi) is 8.86. The molecule has 0 aliphatic carbocycles. The maximum Gasteiger partial charge on any atom is 0.430 e. The summed E-state index contributed by atoms with van der Waals surface area (Å²) < 4.78 is 113. The van der Waals surface area contributed by atoms with Gasteiger partial charge in [-0.25, -0.2) is 9.36 Å². The third kappa shape index (κ3) is 6.17. The predicted octanol–water partition coefficient (Wildman–Crippen LogP) is 7.41. The van der Waals surface area contributed by atoms with Gasteiger partial charge >= 0.3 is 24.2 Å². The van der Waals surface area contributed by atoms with Gasteiger partial charge in [0.1, 0.15) is 11.4 Å². The highest BCUT2D eigenvalue weighted by Gasteiger charge is 2.62. The van der Waals surface area contributed by atoms with Crippen molar-refractivity contribution < 1.29 is 35.1 Å². The molecule has 4 aromatic heterocycles. The maximum atomic E-state index is 14.2. The van der Waals surface area contributed by atoms with Gasteiger partial charge < -0.3 is 0 Å². The van der Waals surface area contributed by atoms with Crippen LogP contribution in [0, 0.1) is 0 Å². The van der Waals surface area contributed by atoms with E-state index >= 15 is 0 Å². The van der Waals surface area contributed by atoms with E-state index in [-0.39, 0.29) is 39.1 Å². The van der Waals surface area contributed by atoms with Gasteiger partial charge in [0.2, 0.25) is 0 Å². The molecule has 0 atom stereocenters. The number of nitrogens with zero attached hydrogens (tertiary/aromatic N) is 10. The van der Waals surface area contributed by atoms with E-state index in [1.54, 1.807) is 60.7 Å². The second kappa shape index (κ2) is 12.4. The zero-order valence-electron chi connectivity index (χ0n) is 22.5. The van der Waals surface area contributed by atoms with Crippen molar-refractivity contribution in [3.05, 3.63) is 107 Å². The number of alkyl halides is 8. The first-order valence-electron chi connectivity index (χ1n) is 12.5. The summed E-state index contributed by atoms with van der Waals surface area (Å²) in [6.45, 7) is 0. The van der Waals surface area contributed by atoms with Crippen LogP contribution in [0.25, 0.3) is 22.5 Å². The molecule has 10 nitrogen and oxygen atoms in total. The van der Waals surface area contributed by atoms with Crippen molar-refractivity contribution in [3.8, 4) is 22.5 Å². The molecule has 20 heteroatoms. The molecule has 0 saturated heterocycles. The van der Waals surface area contributed by atoms with Crippen LogP contribution in [-0.4, -0.2) is 49.5 Å². The van der Waals surface area contributed by atoms with Crippen LogP contribution in [0.15, 0.2) is 107 Å². The summed E-state index contributed by atoms with van der Waals surface area (Å²) in [5.41, 5.74) is 1.09. The number of rotatable bonds is 8. The van der Waals surface area contributed by atoms with Crippen molar-refractivity contribution in [1.82, 2.24) is 49.5 Å². The first-order chi connectivity index (χ1) is 21.6. The van der Waals surface area contributed by atoms with Crippen LogP contribution >= 0.6 is 31.9 Å². The smallest absolute Gasteiger partial charge is 0.201 e. The largest absolute Gasteiger partial charge is 0.430 e. The van der Waals surface area contributed by atoms with Crippen LogP contribution in [0.1, 0.15) is 0 Å². The number of benzene rings is 2. The molecule has 240 valence electrons. The van der Waals surface area contributed by atoms with Crippen molar-refractivity contribution in [2.45, 2.75) is 24.2 Å². The van der Waals surface area contributed by atoms with E-state index in [1.807, 2.05) is 0 Å². The second-order valence-corrected chi connectivity index (χ2v) is 11.0. The zero-order chi connectivity index (χ0) is 33.3. The zero-order valence-corrected chi connectivity index (χ0v) is 25.7. The van der Waals surface area contributed by atoms with Crippen LogP contribution in [-0.2, 0) is 24.2 Å². The molecule has 0 bridgehead atoms. The van der Waals surface area contributed by atoms with Gasteiger partial charge in [-0.1, -0.05) is 71.1 Å². The van der Waals surface area contributed by atoms with E-state index in [9.17, 15) is 35.1 Å². The standard InChI is InChI=1S/2C13H8BrF4N5/c2*14-10-6-19-22(7-10)12(15,16)13(17,18)23-8-11(20-21-23)9-4-2-1-3-5-9/h2*1-8H. The van der Waals surface area contributed by atoms with Crippen molar-refractivity contribution in [1.29, 1.82) is 0 Å². The summed E-state index contributed by atoms with van der Waals surface area (Å²) in [5, 5.41) is 19.8. The van der Waals surface area contributed by atoms with Gasteiger partial charge in [-0.15, -0.1) is 10.2 Å². The highest BCUT2D eigenvalue weighted by molar-refractivity contribution is 9.10. The maximum absolute atomic E-state index is 14.2. The summed E-state index contributed by atoms with van der Waals surface area (Å²) in [4.78, 5) is 0. The van der Waals surface area contributed by atoms with Crippen LogP contribution in [0.2, 0.25) is 0 Å². The molecule has 0 radical (unpaired) electrons. The number of aromatic nitrogens is 10. The number of hydrogen-bond acceptors (Lipinski definition) is 6. The normalized spacial score (nSPS) is 12.6. The fraction of sp³-hybridized carbons (Fsp3) is 0.154. The van der Waals surface area contributed by atoms with Crippen molar-refractivity contribution in [2.75, 3.05) is 0 Å². The molecule has 0 N–H and O–H groups in total. The van der Waals surface area contributed by atoms with Crippen LogP contribution < -0.4 is 0 Å². The van der Waals surface area contributed by atoms with Crippen LogP contribution in [0.3, 0.4) is 0 Å². The van der Waals surface area contributed by atoms with Crippen LogP contribution in [0.4, 0.5) is 35.1 Å². The Morgan fingerprint density at radius 3 is 1.09 bits per heavy atom. The van der Waals surface area contributed by atoms with Crippen molar-refractivity contribution in [3.63, 3.8) is 0 Å². The quantitative estimate of drug-likeness (QED) is 0.150. The Labute approximate surface area is 269 Å². The van der Waals surface area contributed by atoms with Gasteiger partial charge in [0.25, 0.3) is 0 Å². The SMILES string of the molecule is FC(F)(n1cc(Br)cn1)C(F)(F)n1cc(-c2ccccc2)nn1.FC(F)(n1cc(Br)cn1)C(F)(F)n1cc(-c2ccccc2)nn1. The Balaban J connectivity index is 0.000000181. The molecule has 0 aliphatic rings. The average molecular weight is 780 g/mol. The second-order valence-electron chi connectivity index (χ2n) is 9.20. The summed E-state index contributed by atoms with van der Waals surface area (Å²) in [5.74, 6) is 0. The van der Waals surface area contributed by atoms with Crippen molar-refractivity contribution in [2.24, 2.45) is 0 Å². The van der Waals surface area contributed by atoms with E-state index in [0.29, 0.717) is 11.1 Å². The van der Waals surface area contributed by atoms with E-state index in [2.05, 4.69) is 62.7 Å². The highest BCUT2D eigenvalue weighted by Crippen LogP contribution is 2.43. The minimum absolute atomic E-state index is 0.0581. The first kappa shape index (κ1) is 32.9. The molecule has 0 amide bonds. The average Bonchev–Trinajstić information content (AvgIpc) is 3.86. The van der Waals surface area contributed by atoms with E-state index in [1.165, 1.54) is 0 Å². The molecule has 0 unspecified atom stereocenters. The number of halogens is 10. The molecular weight excluding hydrogens is 764 g/mol. The molecule has 6 aromatic rings. The molecular formula is C26H16Br2F8N10. The monoisotopic (exact) mass is 778 g/mol. The summed E-state index contributed by atoms with van der Waals surface area (Å²) in [6.07, 6.45) is 5.01. The molecule has 2 aromatic carbocycles. The van der Waals surface area contributed by atoms with Gasteiger partial charge in [-0.2, -0.15) is 54.7 Å². The topological polar surface area (TPSA) is 97.1 Å². The Hall–Kier alpha value is -4.46. The fourth-order valence-electron chi connectivity index (χ4n) is 3.74. The molecule has 0 aliphatic heterocycles. The lowest BCUT2D eigenvalue weighted by molar-refractivity contribution is -0.316. The van der Waals surface area contributed by atoms with E-state index < -0.39 is 24.2 Å². The van der Waals surface area contributed by atoms with Crippen molar-refractivity contribution >= 4 is 31.9 Å². The Bertz CT molecular complexity index is 1770. The molecule has 4 heterocycles. The predicted molar refractivity (Wildman–Crippen MR) is 152 cm³/mol. The van der Waals surface area contributed by atoms with Gasteiger partial charge in [0, 0.05) is 23.5 Å². The third-order valence-corrected chi connectivity index (χ3v) is 6.92. The summed E-state index contributed by atoms with van der Waals surface area (Å²) >= 11 is 5.77. The molecule has 0 fully saturated rings. The molecule has 0 saturated carbocycles. The Morgan fingerprint density at radius 1 is 0.457 bits per heavy atom. The fourth-order valence-corrected chi connectivity index (χ4v) is 4.32. The minimum atomic E-state index is -4.65. The Morgan fingerprint density at radius 2 is 0.783 bits per heavy atom. The van der Waals surface area contributed by atoms with E-state index in [0.717, 1.165) is 37.2 Å². The summed E-state index contributed by atoms with van der Waals surface area (Å²) in [7, 11) is 0. The van der Waals surface area contributed by atoms with Gasteiger partial charge in [-0.05, 0) is 31.9 Å². The minimum Gasteiger partial charge on any atom is -0.201 e. The van der Waals surface area contributed by atoms with E-state index in [4.69, 9.17) is 0 Å². The highest BCUT2D eigenvalue weighted by atomic mass is 79.9. The molecule has 0 spiro atoms. The third-order valence-electron chi connectivity index (χ3n) is 6.10. The van der Waals surface area contributed by atoms with Crippen LogP contribution in [0.5, 0.6) is 0 Å². The van der Waals surface area contributed by atoms with Gasteiger partial charge in [0.15, 0.2) is 0 Å². The first-order valence-corrected chi connectivity index (χ1v) is 14.1. The lowest BCUT2D eigenvalue weighted by atomic mass is 10.2. The van der Waals surface area contributed by atoms with Gasteiger partial charge in [0.05, 0.1) is 33.7 Å². The summed E-state index contributed by atoms with van der Waals surface area (Å²) in [6, 6.07) is -2.00. The molecule has 46 heavy (non-hydrogen) atoms. The van der Waals surface area contributed by atoms with Gasteiger partial charge in [-0.3, -0.25) is 0 Å². The lowest BCUT2D eigenvalue weighted by Gasteiger charge is -2.25.